The zero-order valence-corrected chi connectivity index (χ0v) is 14.0. The van der Waals surface area contributed by atoms with E-state index in [-0.39, 0.29) is 11.8 Å². The molecule has 0 bridgehead atoms. The first kappa shape index (κ1) is 16.0. The minimum atomic E-state index is -0.531. The maximum Gasteiger partial charge on any atom is 0.254 e. The van der Waals surface area contributed by atoms with Crippen molar-refractivity contribution in [2.75, 3.05) is 13.1 Å². The maximum atomic E-state index is 12.6. The fourth-order valence-corrected chi connectivity index (χ4v) is 3.40. The molecule has 3 rings (SSSR count). The number of carbonyl (C=O) groups is 1. The minimum absolute atomic E-state index is 0.00179. The summed E-state index contributed by atoms with van der Waals surface area (Å²) < 4.78 is 0. The van der Waals surface area contributed by atoms with Gasteiger partial charge in [-0.3, -0.25) is 9.89 Å². The monoisotopic (exact) mass is 333 g/mol. The highest BCUT2D eigenvalue weighted by Gasteiger charge is 2.34. The summed E-state index contributed by atoms with van der Waals surface area (Å²) in [5, 5.41) is 17.9. The van der Waals surface area contributed by atoms with Crippen LogP contribution in [0.25, 0.3) is 0 Å². The van der Waals surface area contributed by atoms with Crippen LogP contribution in [0.3, 0.4) is 0 Å². The van der Waals surface area contributed by atoms with E-state index in [0.29, 0.717) is 30.1 Å². The molecule has 1 aliphatic heterocycles. The molecule has 1 aromatic heterocycles. The molecule has 0 aliphatic carbocycles. The van der Waals surface area contributed by atoms with E-state index in [1.54, 1.807) is 11.0 Å². The van der Waals surface area contributed by atoms with E-state index in [0.717, 1.165) is 17.0 Å². The van der Waals surface area contributed by atoms with Crippen molar-refractivity contribution in [3.8, 4) is 0 Å². The largest absolute Gasteiger partial charge is 0.391 e. The van der Waals surface area contributed by atoms with Gasteiger partial charge in [-0.1, -0.05) is 11.6 Å². The Morgan fingerprint density at radius 2 is 2.13 bits per heavy atom. The van der Waals surface area contributed by atoms with Gasteiger partial charge < -0.3 is 10.0 Å². The molecule has 2 atom stereocenters. The van der Waals surface area contributed by atoms with E-state index in [2.05, 4.69) is 10.2 Å². The summed E-state index contributed by atoms with van der Waals surface area (Å²) in [6, 6.07) is 7.29. The number of hydrogen-bond donors (Lipinski definition) is 2. The SMILES string of the molecule is Cc1cc(Cl)cc(C(=O)N2CC(O)C(Cc3cc(C)[nH]n3)C2)c1. The first-order valence-corrected chi connectivity index (χ1v) is 8.05. The number of carbonyl (C=O) groups excluding carboxylic acids is 1. The van der Waals surface area contributed by atoms with E-state index in [1.807, 2.05) is 32.0 Å². The topological polar surface area (TPSA) is 69.2 Å². The minimum Gasteiger partial charge on any atom is -0.391 e. The van der Waals surface area contributed by atoms with Gasteiger partial charge in [-0.2, -0.15) is 5.10 Å². The van der Waals surface area contributed by atoms with Crippen LogP contribution in [0.15, 0.2) is 24.3 Å². The van der Waals surface area contributed by atoms with Gasteiger partial charge in [0.25, 0.3) is 5.91 Å². The van der Waals surface area contributed by atoms with Crippen LogP contribution in [-0.2, 0) is 6.42 Å². The first-order valence-electron chi connectivity index (χ1n) is 7.68. The Morgan fingerprint density at radius 3 is 2.78 bits per heavy atom. The van der Waals surface area contributed by atoms with Gasteiger partial charge in [-0.05, 0) is 50.1 Å². The number of aromatic amines is 1. The number of hydrogen-bond acceptors (Lipinski definition) is 3. The third-order valence-corrected chi connectivity index (χ3v) is 4.43. The molecule has 23 heavy (non-hydrogen) atoms. The molecule has 5 nitrogen and oxygen atoms in total. The molecule has 2 heterocycles. The Bertz CT molecular complexity index is 708. The lowest BCUT2D eigenvalue weighted by Gasteiger charge is -2.16. The van der Waals surface area contributed by atoms with Gasteiger partial charge in [-0.15, -0.1) is 0 Å². The van der Waals surface area contributed by atoms with Crippen molar-refractivity contribution >= 4 is 17.5 Å². The number of rotatable bonds is 3. The van der Waals surface area contributed by atoms with E-state index in [9.17, 15) is 9.90 Å². The summed E-state index contributed by atoms with van der Waals surface area (Å²) >= 11 is 6.04. The number of β-amino-alcohol motifs (C(OH)–C–C–N with tert-alkyl or cyclic N) is 1. The predicted molar refractivity (Wildman–Crippen MR) is 88.6 cm³/mol. The Morgan fingerprint density at radius 1 is 1.35 bits per heavy atom. The number of aliphatic hydroxyl groups excluding tert-OH is 1. The molecule has 6 heteroatoms. The second-order valence-electron chi connectivity index (χ2n) is 6.30. The highest BCUT2D eigenvalue weighted by atomic mass is 35.5. The number of nitrogens with one attached hydrogen (secondary N) is 1. The number of aliphatic hydroxyl groups is 1. The highest BCUT2D eigenvalue weighted by molar-refractivity contribution is 6.31. The predicted octanol–water partition coefficient (Wildman–Crippen LogP) is 2.36. The second-order valence-corrected chi connectivity index (χ2v) is 6.74. The Hall–Kier alpha value is -1.85. The van der Waals surface area contributed by atoms with Crippen LogP contribution < -0.4 is 0 Å². The molecule has 1 aliphatic rings. The number of benzene rings is 1. The number of halogens is 1. The fourth-order valence-electron chi connectivity index (χ4n) is 3.11. The number of nitrogens with zero attached hydrogens (tertiary/aromatic N) is 2. The molecule has 1 saturated heterocycles. The van der Waals surface area contributed by atoms with Crippen molar-refractivity contribution in [1.82, 2.24) is 15.1 Å². The third-order valence-electron chi connectivity index (χ3n) is 4.21. The molecule has 1 amide bonds. The highest BCUT2D eigenvalue weighted by Crippen LogP contribution is 2.24. The number of H-pyrrole nitrogens is 1. The van der Waals surface area contributed by atoms with E-state index < -0.39 is 6.10 Å². The Balaban J connectivity index is 1.71. The van der Waals surface area contributed by atoms with E-state index in [4.69, 9.17) is 11.6 Å². The third kappa shape index (κ3) is 3.57. The van der Waals surface area contributed by atoms with Crippen LogP contribution in [0.4, 0.5) is 0 Å². The molecule has 2 aromatic rings. The first-order chi connectivity index (χ1) is 10.9. The molecule has 0 radical (unpaired) electrons. The van der Waals surface area contributed by atoms with Crippen LogP contribution in [0.5, 0.6) is 0 Å². The van der Waals surface area contributed by atoms with Gasteiger partial charge in [0.15, 0.2) is 0 Å². The van der Waals surface area contributed by atoms with Crippen LogP contribution in [0.1, 0.15) is 27.3 Å². The standard InChI is InChI=1S/C17H20ClN3O2/c1-10-3-12(6-14(18)4-10)17(23)21-8-13(16(22)9-21)7-15-5-11(2)19-20-15/h3-6,13,16,22H,7-9H2,1-2H3,(H,19,20). The van der Waals surface area contributed by atoms with Gasteiger partial charge in [0.1, 0.15) is 0 Å². The van der Waals surface area contributed by atoms with Crippen LogP contribution >= 0.6 is 11.6 Å². The summed E-state index contributed by atoms with van der Waals surface area (Å²) in [5.41, 5.74) is 3.43. The van der Waals surface area contributed by atoms with Gasteiger partial charge in [-0.25, -0.2) is 0 Å². The Labute approximate surface area is 140 Å². The zero-order valence-electron chi connectivity index (χ0n) is 13.2. The van der Waals surface area contributed by atoms with Crippen molar-refractivity contribution in [1.29, 1.82) is 0 Å². The van der Waals surface area contributed by atoms with Gasteiger partial charge in [0.05, 0.1) is 11.8 Å². The number of aryl methyl sites for hydroxylation is 2. The van der Waals surface area contributed by atoms with Crippen molar-refractivity contribution in [2.45, 2.75) is 26.4 Å². The zero-order chi connectivity index (χ0) is 16.6. The molecule has 2 unspecified atom stereocenters. The van der Waals surface area contributed by atoms with E-state index >= 15 is 0 Å². The smallest absolute Gasteiger partial charge is 0.254 e. The summed E-state index contributed by atoms with van der Waals surface area (Å²) in [5.74, 6) is -0.0858. The molecule has 0 spiro atoms. The maximum absolute atomic E-state index is 12.6. The van der Waals surface area contributed by atoms with Crippen molar-refractivity contribution in [2.24, 2.45) is 5.92 Å². The average molecular weight is 334 g/mol. The number of aromatic nitrogens is 2. The van der Waals surface area contributed by atoms with Crippen LogP contribution in [0, 0.1) is 19.8 Å². The Kier molecular flexibility index (Phi) is 4.41. The normalized spacial score (nSPS) is 21.0. The molecule has 1 fully saturated rings. The molecular weight excluding hydrogens is 314 g/mol. The lowest BCUT2D eigenvalue weighted by Crippen LogP contribution is -2.29. The number of likely N-dealkylation sites (tertiary alicyclic amines) is 1. The quantitative estimate of drug-likeness (QED) is 0.906. The summed E-state index contributed by atoms with van der Waals surface area (Å²) in [4.78, 5) is 14.3. The molecule has 2 N–H and O–H groups in total. The van der Waals surface area contributed by atoms with Crippen LogP contribution in [0.2, 0.25) is 5.02 Å². The van der Waals surface area contributed by atoms with E-state index in [1.165, 1.54) is 0 Å². The second kappa shape index (κ2) is 6.34. The number of amides is 1. The van der Waals surface area contributed by atoms with Crippen LogP contribution in [-0.4, -0.2) is 45.3 Å². The van der Waals surface area contributed by atoms with Gasteiger partial charge in [0.2, 0.25) is 0 Å². The lowest BCUT2D eigenvalue weighted by atomic mass is 10.00. The van der Waals surface area contributed by atoms with Crippen molar-refractivity contribution in [3.63, 3.8) is 0 Å². The summed E-state index contributed by atoms with van der Waals surface area (Å²) in [6.07, 6.45) is 0.125. The fraction of sp³-hybridized carbons (Fsp3) is 0.412. The van der Waals surface area contributed by atoms with Crippen molar-refractivity contribution in [3.05, 3.63) is 51.8 Å². The van der Waals surface area contributed by atoms with Gasteiger partial charge >= 0.3 is 0 Å². The molecule has 0 saturated carbocycles. The summed E-state index contributed by atoms with van der Waals surface area (Å²) in [6.45, 7) is 4.72. The summed E-state index contributed by atoms with van der Waals surface area (Å²) in [7, 11) is 0. The lowest BCUT2D eigenvalue weighted by molar-refractivity contribution is 0.0764. The average Bonchev–Trinajstić information content (AvgIpc) is 3.04. The molecule has 1 aromatic carbocycles. The molecular formula is C17H20ClN3O2. The van der Waals surface area contributed by atoms with Crippen molar-refractivity contribution < 1.29 is 9.90 Å². The molecule has 122 valence electrons. The van der Waals surface area contributed by atoms with Gasteiger partial charge in [0, 0.05) is 35.3 Å².